The molecule has 0 bridgehead atoms. The summed E-state index contributed by atoms with van der Waals surface area (Å²) in [7, 11) is 0. The van der Waals surface area contributed by atoms with Gasteiger partial charge in [-0.05, 0) is 39.5 Å². The standard InChI is InChI=1S/C14H26N2O2/c1-12(2,3)9-13(4,5)16-8-10(17)15-14(6,7)11(16)18/h8-9H2,1-7H3,(H,15,17). The fourth-order valence-electron chi connectivity index (χ4n) is 2.88. The maximum absolute atomic E-state index is 12.4. The lowest BCUT2D eigenvalue weighted by atomic mass is 9.79. The largest absolute Gasteiger partial charge is 0.341 e. The lowest BCUT2D eigenvalue weighted by molar-refractivity contribution is -0.155. The third kappa shape index (κ3) is 3.24. The average Bonchev–Trinajstić information content (AvgIpc) is 2.05. The topological polar surface area (TPSA) is 49.4 Å². The molecule has 0 saturated carbocycles. The minimum absolute atomic E-state index is 0.00338. The molecule has 1 aliphatic heterocycles. The van der Waals surface area contributed by atoms with Crippen molar-refractivity contribution < 1.29 is 9.59 Å². The van der Waals surface area contributed by atoms with E-state index < -0.39 is 5.54 Å². The van der Waals surface area contributed by atoms with Crippen LogP contribution in [0.2, 0.25) is 0 Å². The first-order chi connectivity index (χ1) is 7.85. The number of hydrogen-bond donors (Lipinski definition) is 1. The maximum atomic E-state index is 12.4. The summed E-state index contributed by atoms with van der Waals surface area (Å²) in [5.74, 6) is -0.0852. The first kappa shape index (κ1) is 15.0. The van der Waals surface area contributed by atoms with Crippen molar-refractivity contribution in [1.29, 1.82) is 0 Å². The van der Waals surface area contributed by atoms with Crippen LogP contribution in [0.1, 0.15) is 54.9 Å². The van der Waals surface area contributed by atoms with Gasteiger partial charge in [0.05, 0.1) is 0 Å². The van der Waals surface area contributed by atoms with E-state index in [9.17, 15) is 9.59 Å². The molecule has 1 fully saturated rings. The highest BCUT2D eigenvalue weighted by Crippen LogP contribution is 2.33. The van der Waals surface area contributed by atoms with Crippen molar-refractivity contribution in [2.45, 2.75) is 66.0 Å². The lowest BCUT2D eigenvalue weighted by Gasteiger charge is -2.48. The molecule has 0 aromatic rings. The second-order valence-electron chi connectivity index (χ2n) is 7.61. The second-order valence-corrected chi connectivity index (χ2v) is 7.61. The van der Waals surface area contributed by atoms with Crippen LogP contribution >= 0.6 is 0 Å². The highest BCUT2D eigenvalue weighted by molar-refractivity contribution is 5.97. The van der Waals surface area contributed by atoms with Crippen molar-refractivity contribution in [2.24, 2.45) is 5.41 Å². The predicted octanol–water partition coefficient (Wildman–Crippen LogP) is 1.94. The van der Waals surface area contributed by atoms with E-state index in [0.717, 1.165) is 6.42 Å². The third-order valence-electron chi connectivity index (χ3n) is 3.23. The van der Waals surface area contributed by atoms with Crippen LogP contribution in [0, 0.1) is 5.41 Å². The zero-order chi connectivity index (χ0) is 14.4. The van der Waals surface area contributed by atoms with Crippen molar-refractivity contribution in [2.75, 3.05) is 6.54 Å². The second kappa shape index (κ2) is 4.25. The van der Waals surface area contributed by atoms with Gasteiger partial charge in [0.15, 0.2) is 0 Å². The molecule has 4 heteroatoms. The van der Waals surface area contributed by atoms with E-state index in [4.69, 9.17) is 0 Å². The first-order valence-electron chi connectivity index (χ1n) is 6.48. The highest BCUT2D eigenvalue weighted by Gasteiger charge is 2.45. The Morgan fingerprint density at radius 2 is 1.67 bits per heavy atom. The zero-order valence-electron chi connectivity index (χ0n) is 12.7. The monoisotopic (exact) mass is 254 g/mol. The summed E-state index contributed by atoms with van der Waals surface area (Å²) in [5, 5.41) is 2.74. The summed E-state index contributed by atoms with van der Waals surface area (Å²) in [6.07, 6.45) is 0.856. The van der Waals surface area contributed by atoms with Gasteiger partial charge in [0.1, 0.15) is 12.1 Å². The van der Waals surface area contributed by atoms with Gasteiger partial charge in [0, 0.05) is 5.54 Å². The number of piperazine rings is 1. The first-order valence-corrected chi connectivity index (χ1v) is 6.48. The van der Waals surface area contributed by atoms with E-state index in [2.05, 4.69) is 26.1 Å². The minimum Gasteiger partial charge on any atom is -0.341 e. The summed E-state index contributed by atoms with van der Waals surface area (Å²) < 4.78 is 0. The average molecular weight is 254 g/mol. The Morgan fingerprint density at radius 3 is 2.11 bits per heavy atom. The van der Waals surface area contributed by atoms with Gasteiger partial charge in [-0.15, -0.1) is 0 Å². The van der Waals surface area contributed by atoms with Crippen LogP contribution in [-0.4, -0.2) is 34.3 Å². The number of carbonyl (C=O) groups excluding carboxylic acids is 2. The Hall–Kier alpha value is -1.06. The quantitative estimate of drug-likeness (QED) is 0.818. The van der Waals surface area contributed by atoms with Crippen molar-refractivity contribution >= 4 is 11.8 Å². The number of rotatable bonds is 2. The molecule has 1 aliphatic rings. The lowest BCUT2D eigenvalue weighted by Crippen LogP contribution is -2.68. The smallest absolute Gasteiger partial charge is 0.248 e. The summed E-state index contributed by atoms with van der Waals surface area (Å²) in [6.45, 7) is 14.2. The molecular formula is C14H26N2O2. The molecular weight excluding hydrogens is 228 g/mol. The van der Waals surface area contributed by atoms with E-state index in [-0.39, 0.29) is 29.3 Å². The van der Waals surface area contributed by atoms with Gasteiger partial charge in [-0.2, -0.15) is 0 Å². The van der Waals surface area contributed by atoms with Crippen LogP contribution in [0.4, 0.5) is 0 Å². The summed E-state index contributed by atoms with van der Waals surface area (Å²) in [6, 6.07) is 0. The number of nitrogens with zero attached hydrogens (tertiary/aromatic N) is 1. The predicted molar refractivity (Wildman–Crippen MR) is 72.1 cm³/mol. The van der Waals surface area contributed by atoms with Gasteiger partial charge in [-0.1, -0.05) is 20.8 Å². The van der Waals surface area contributed by atoms with E-state index in [1.165, 1.54) is 0 Å². The summed E-state index contributed by atoms with van der Waals surface area (Å²) >= 11 is 0. The van der Waals surface area contributed by atoms with Crippen LogP contribution in [0.3, 0.4) is 0 Å². The van der Waals surface area contributed by atoms with E-state index >= 15 is 0 Å². The molecule has 0 radical (unpaired) electrons. The van der Waals surface area contributed by atoms with E-state index in [1.54, 1.807) is 18.7 Å². The Bertz CT molecular complexity index is 364. The Morgan fingerprint density at radius 1 is 1.17 bits per heavy atom. The van der Waals surface area contributed by atoms with Crippen molar-refractivity contribution in [3.63, 3.8) is 0 Å². The molecule has 0 atom stereocenters. The molecule has 18 heavy (non-hydrogen) atoms. The molecule has 0 unspecified atom stereocenters. The molecule has 0 aromatic heterocycles. The van der Waals surface area contributed by atoms with E-state index in [0.29, 0.717) is 0 Å². The highest BCUT2D eigenvalue weighted by atomic mass is 16.2. The molecule has 104 valence electrons. The summed E-state index contributed by atoms with van der Waals surface area (Å²) in [5.41, 5.74) is -1.00. The molecule has 4 nitrogen and oxygen atoms in total. The van der Waals surface area contributed by atoms with Crippen LogP contribution in [0.25, 0.3) is 0 Å². The van der Waals surface area contributed by atoms with Gasteiger partial charge in [-0.3, -0.25) is 9.59 Å². The molecule has 1 heterocycles. The van der Waals surface area contributed by atoms with Gasteiger partial charge in [0.2, 0.25) is 11.8 Å². The van der Waals surface area contributed by atoms with Gasteiger partial charge < -0.3 is 10.2 Å². The third-order valence-corrected chi connectivity index (χ3v) is 3.23. The van der Waals surface area contributed by atoms with Crippen molar-refractivity contribution in [1.82, 2.24) is 10.2 Å². The van der Waals surface area contributed by atoms with Crippen molar-refractivity contribution in [3.05, 3.63) is 0 Å². The number of amides is 2. The maximum Gasteiger partial charge on any atom is 0.248 e. The Balaban J connectivity index is 3.00. The molecule has 2 amide bonds. The Kier molecular flexibility index (Phi) is 3.54. The van der Waals surface area contributed by atoms with Gasteiger partial charge in [-0.25, -0.2) is 0 Å². The molecule has 1 rings (SSSR count). The SMILES string of the molecule is CC(C)(C)CC(C)(C)N1CC(=O)NC(C)(C)C1=O. The Labute approximate surface area is 110 Å². The molecule has 0 spiro atoms. The van der Waals surface area contributed by atoms with Gasteiger partial charge >= 0.3 is 0 Å². The number of nitrogens with one attached hydrogen (secondary N) is 1. The van der Waals surface area contributed by atoms with Crippen LogP contribution < -0.4 is 5.32 Å². The van der Waals surface area contributed by atoms with Crippen LogP contribution in [0.15, 0.2) is 0 Å². The molecule has 1 N–H and O–H groups in total. The molecule has 0 aromatic carbocycles. The van der Waals surface area contributed by atoms with E-state index in [1.807, 2.05) is 13.8 Å². The molecule has 1 saturated heterocycles. The number of hydrogen-bond acceptors (Lipinski definition) is 2. The van der Waals surface area contributed by atoms with Crippen LogP contribution in [-0.2, 0) is 9.59 Å². The van der Waals surface area contributed by atoms with Crippen molar-refractivity contribution in [3.8, 4) is 0 Å². The van der Waals surface area contributed by atoms with Crippen LogP contribution in [0.5, 0.6) is 0 Å². The molecule has 0 aliphatic carbocycles. The fourth-order valence-corrected chi connectivity index (χ4v) is 2.88. The summed E-state index contributed by atoms with van der Waals surface area (Å²) in [4.78, 5) is 25.9. The minimum atomic E-state index is -0.801. The fraction of sp³-hybridized carbons (Fsp3) is 0.857. The number of carbonyl (C=O) groups is 2. The normalized spacial score (nSPS) is 20.9. The van der Waals surface area contributed by atoms with Gasteiger partial charge in [0.25, 0.3) is 0 Å². The zero-order valence-corrected chi connectivity index (χ0v) is 12.7.